The smallest absolute Gasteiger partial charge is 0.314 e. The third kappa shape index (κ3) is 4.41. The molecule has 0 aromatic rings. The minimum atomic E-state index is -6.92. The van der Waals surface area contributed by atoms with Gasteiger partial charge >= 0.3 is 21.9 Å². The van der Waals surface area contributed by atoms with E-state index in [0.717, 1.165) is 0 Å². The first kappa shape index (κ1) is 24.5. The number of nitrogens with zero attached hydrogens (tertiary/aromatic N) is 1. The zero-order valence-corrected chi connectivity index (χ0v) is 15.0. The Labute approximate surface area is 150 Å². The summed E-state index contributed by atoms with van der Waals surface area (Å²) in [6.07, 6.45) is 0. The van der Waals surface area contributed by atoms with Gasteiger partial charge in [-0.05, 0) is 0 Å². The fourth-order valence-electron chi connectivity index (χ4n) is 1.66. The van der Waals surface area contributed by atoms with Gasteiger partial charge in [0.15, 0.2) is 11.0 Å². The summed E-state index contributed by atoms with van der Waals surface area (Å²) in [6.45, 7) is -2.09. The predicted octanol–water partition coefficient (Wildman–Crippen LogP) is 0.479. The van der Waals surface area contributed by atoms with Crippen LogP contribution in [0.25, 0.3) is 0 Å². The Morgan fingerprint density at radius 2 is 1.30 bits per heavy atom. The van der Waals surface area contributed by atoms with Crippen molar-refractivity contribution in [3.63, 3.8) is 0 Å². The van der Waals surface area contributed by atoms with E-state index in [2.05, 4.69) is 5.32 Å². The summed E-state index contributed by atoms with van der Waals surface area (Å²) < 4.78 is 163. The van der Waals surface area contributed by atoms with Crippen LogP contribution in [0, 0.1) is 0 Å². The Kier molecular flexibility index (Phi) is 7.02. The van der Waals surface area contributed by atoms with E-state index in [1.165, 1.54) is 0 Å². The molecule has 0 saturated carbocycles. The van der Waals surface area contributed by atoms with Gasteiger partial charge in [0.1, 0.15) is 0 Å². The van der Waals surface area contributed by atoms with Gasteiger partial charge in [0, 0.05) is 26.2 Å². The molecule has 0 spiro atoms. The summed E-state index contributed by atoms with van der Waals surface area (Å²) in [6, 6.07) is 0. The van der Waals surface area contributed by atoms with Crippen molar-refractivity contribution < 1.29 is 56.3 Å². The summed E-state index contributed by atoms with van der Waals surface area (Å²) in [5, 5.41) is -10.6. The molecule has 2 N–H and O–H groups in total. The van der Waals surface area contributed by atoms with Crippen molar-refractivity contribution >= 4 is 32.0 Å². The Morgan fingerprint density at radius 1 is 0.852 bits per heavy atom. The molecule has 1 rings (SSSR count). The highest BCUT2D eigenvalue weighted by molar-refractivity contribution is 7.99. The minimum Gasteiger partial charge on any atom is -0.314 e. The van der Waals surface area contributed by atoms with E-state index in [0.29, 0.717) is 0 Å². The Balaban J connectivity index is 3.23. The molecule has 1 aliphatic rings. The maximum atomic E-state index is 13.9. The fourth-order valence-corrected chi connectivity index (χ4v) is 4.87. The highest BCUT2D eigenvalue weighted by Gasteiger charge is 2.80. The van der Waals surface area contributed by atoms with Crippen LogP contribution in [0.5, 0.6) is 0 Å². The third-order valence-corrected chi connectivity index (χ3v) is 7.37. The molecule has 0 aromatic heterocycles. The van der Waals surface area contributed by atoms with Gasteiger partial charge < -0.3 is 5.32 Å². The maximum absolute atomic E-state index is 13.9. The minimum absolute atomic E-state index is 0.00694. The van der Waals surface area contributed by atoms with Crippen LogP contribution in [0.2, 0.25) is 0 Å². The molecule has 1 heterocycles. The van der Waals surface area contributed by atoms with E-state index in [1.54, 1.807) is 0 Å². The van der Waals surface area contributed by atoms with Crippen LogP contribution >= 0.6 is 0 Å². The normalized spacial score (nSPS) is 21.1. The molecular weight excluding hydrogens is 469 g/mol. The predicted molar refractivity (Wildman–Crippen MR) is 73.7 cm³/mol. The highest BCUT2D eigenvalue weighted by Crippen LogP contribution is 2.50. The molecule has 2 atom stereocenters. The third-order valence-electron chi connectivity index (χ3n) is 3.07. The summed E-state index contributed by atoms with van der Waals surface area (Å²) in [4.78, 5) is 0. The van der Waals surface area contributed by atoms with E-state index in [-0.39, 0.29) is 21.5 Å². The fraction of sp³-hybridized carbons (Fsp3) is 1.00. The van der Waals surface area contributed by atoms with Gasteiger partial charge in [-0.25, -0.2) is 16.8 Å². The van der Waals surface area contributed by atoms with Gasteiger partial charge in [0.25, 0.3) is 10.0 Å². The molecule has 1 aliphatic heterocycles. The van der Waals surface area contributed by atoms with Crippen molar-refractivity contribution in [3.8, 4) is 0 Å². The van der Waals surface area contributed by atoms with Crippen molar-refractivity contribution in [3.05, 3.63) is 0 Å². The molecule has 0 aromatic carbocycles. The molecule has 0 aliphatic carbocycles. The lowest BCUT2D eigenvalue weighted by Gasteiger charge is -2.35. The SMILES string of the molecule is O=S(NS(=O)C(F)(F)C(F)(F)C(F)(F)S(=O)(=O)N1CCNCC1)C(F)(F)F. The molecule has 2 unspecified atom stereocenters. The molecule has 19 heteroatoms. The number of hydrogen-bond acceptors (Lipinski definition) is 5. The van der Waals surface area contributed by atoms with Crippen LogP contribution in [-0.2, 0) is 32.0 Å². The zero-order chi connectivity index (χ0) is 21.5. The monoisotopic (exact) mass is 479 g/mol. The lowest BCUT2D eigenvalue weighted by atomic mass is 10.3. The standard InChI is InChI=1S/C8H10F9N3O4S3/c9-5(10,6(11,12)25(21)19-26(22)8(15,16)17)7(13,14)27(23,24)20-3-1-18-2-4-20/h18-19H,1-4H2. The Bertz CT molecular complexity index is 706. The number of hydrogen-bond donors (Lipinski definition) is 2. The molecule has 162 valence electrons. The van der Waals surface area contributed by atoms with Gasteiger partial charge in [-0.1, -0.05) is 0 Å². The number of sulfonamides is 1. The number of halogens is 9. The molecule has 1 saturated heterocycles. The van der Waals surface area contributed by atoms with Crippen molar-refractivity contribution in [2.45, 2.75) is 21.9 Å². The molecule has 27 heavy (non-hydrogen) atoms. The van der Waals surface area contributed by atoms with Gasteiger partial charge in [0.05, 0.1) is 0 Å². The van der Waals surface area contributed by atoms with E-state index in [9.17, 15) is 56.3 Å². The van der Waals surface area contributed by atoms with Crippen molar-refractivity contribution in [1.29, 1.82) is 0 Å². The van der Waals surface area contributed by atoms with Crippen LogP contribution in [0.15, 0.2) is 0 Å². The van der Waals surface area contributed by atoms with Gasteiger partial charge in [-0.3, -0.25) is 0 Å². The first-order valence-electron chi connectivity index (χ1n) is 6.41. The van der Waals surface area contributed by atoms with E-state index in [4.69, 9.17) is 0 Å². The van der Waals surface area contributed by atoms with Crippen LogP contribution in [0.3, 0.4) is 0 Å². The number of rotatable bonds is 7. The summed E-state index contributed by atoms with van der Waals surface area (Å²) in [5.41, 5.74) is -5.84. The van der Waals surface area contributed by atoms with E-state index >= 15 is 0 Å². The highest BCUT2D eigenvalue weighted by atomic mass is 32.3. The Morgan fingerprint density at radius 3 is 1.70 bits per heavy atom. The molecular formula is C8H10F9N3O4S3. The van der Waals surface area contributed by atoms with Crippen LogP contribution in [0.4, 0.5) is 39.5 Å². The van der Waals surface area contributed by atoms with Crippen molar-refractivity contribution in [2.75, 3.05) is 26.2 Å². The van der Waals surface area contributed by atoms with Crippen molar-refractivity contribution in [1.82, 2.24) is 13.7 Å². The Hall–Kier alpha value is -0.500. The van der Waals surface area contributed by atoms with E-state index in [1.807, 2.05) is 0 Å². The van der Waals surface area contributed by atoms with Crippen LogP contribution < -0.4 is 9.44 Å². The van der Waals surface area contributed by atoms with E-state index < -0.39 is 67.0 Å². The largest absolute Gasteiger partial charge is 0.486 e. The molecule has 0 amide bonds. The molecule has 0 radical (unpaired) electrons. The maximum Gasteiger partial charge on any atom is 0.486 e. The van der Waals surface area contributed by atoms with Gasteiger partial charge in [-0.15, -0.1) is 4.13 Å². The molecule has 7 nitrogen and oxygen atoms in total. The van der Waals surface area contributed by atoms with Crippen molar-refractivity contribution in [2.24, 2.45) is 0 Å². The lowest BCUT2D eigenvalue weighted by molar-refractivity contribution is -0.243. The van der Waals surface area contributed by atoms with Crippen LogP contribution in [-0.4, -0.2) is 69.3 Å². The summed E-state index contributed by atoms with van der Waals surface area (Å²) >= 11 is 0. The number of piperazine rings is 1. The molecule has 1 fully saturated rings. The van der Waals surface area contributed by atoms with Gasteiger partial charge in [0.2, 0.25) is 11.0 Å². The average molecular weight is 479 g/mol. The topological polar surface area (TPSA) is 95.6 Å². The van der Waals surface area contributed by atoms with Gasteiger partial charge in [-0.2, -0.15) is 43.8 Å². The summed E-state index contributed by atoms with van der Waals surface area (Å²) in [5.74, 6) is -6.92. The second kappa shape index (κ2) is 7.73. The summed E-state index contributed by atoms with van der Waals surface area (Å²) in [7, 11) is -16.0. The molecule has 0 bridgehead atoms. The second-order valence-corrected chi connectivity index (χ2v) is 9.53. The van der Waals surface area contributed by atoms with Crippen LogP contribution in [0.1, 0.15) is 0 Å². The zero-order valence-electron chi connectivity index (χ0n) is 12.5. The lowest BCUT2D eigenvalue weighted by Crippen LogP contribution is -2.64. The number of nitrogens with one attached hydrogen (secondary N) is 2. The first-order chi connectivity index (χ1) is 11.9. The second-order valence-electron chi connectivity index (χ2n) is 4.83. The quantitative estimate of drug-likeness (QED) is 0.518. The average Bonchev–Trinajstić information content (AvgIpc) is 2.53. The first-order valence-corrected chi connectivity index (χ1v) is 10.1. The number of alkyl halides is 9.